The molecule has 0 spiro atoms. The number of benzene rings is 3. The summed E-state index contributed by atoms with van der Waals surface area (Å²) in [6, 6.07) is 25.4. The van der Waals surface area contributed by atoms with Crippen LogP contribution in [0, 0.1) is 5.92 Å². The van der Waals surface area contributed by atoms with E-state index in [0.717, 1.165) is 11.1 Å². The van der Waals surface area contributed by atoms with E-state index in [4.69, 9.17) is 4.74 Å². The highest BCUT2D eigenvalue weighted by Gasteiger charge is 2.23. The summed E-state index contributed by atoms with van der Waals surface area (Å²) in [6.07, 6.45) is 1.40. The Hall–Kier alpha value is -4.18. The van der Waals surface area contributed by atoms with Gasteiger partial charge in [-0.05, 0) is 55.4 Å². The third kappa shape index (κ3) is 11.7. The summed E-state index contributed by atoms with van der Waals surface area (Å²) in [5.41, 5.74) is 2.64. The minimum absolute atomic E-state index is 0.105. The topological polar surface area (TPSA) is 122 Å². The second kappa shape index (κ2) is 16.3. The van der Waals surface area contributed by atoms with Gasteiger partial charge in [0.2, 0.25) is 5.91 Å². The average Bonchev–Trinajstić information content (AvgIpc) is 2.96. The van der Waals surface area contributed by atoms with Gasteiger partial charge in [-0.2, -0.15) is 0 Å². The van der Waals surface area contributed by atoms with Gasteiger partial charge in [0.15, 0.2) is 5.78 Å². The minimum Gasteiger partial charge on any atom is -0.445 e. The number of Topliss-reactive ketones (excluding diaryl/α,β-unsaturated/α-hetero) is 1. The molecule has 3 aromatic rings. The highest BCUT2D eigenvalue weighted by molar-refractivity contribution is 7.92. The third-order valence-corrected chi connectivity index (χ3v) is 7.80. The van der Waals surface area contributed by atoms with Crippen LogP contribution in [0.5, 0.6) is 0 Å². The lowest BCUT2D eigenvalue weighted by molar-refractivity contribution is -0.131. The zero-order valence-electron chi connectivity index (χ0n) is 24.1. The fourth-order valence-electron chi connectivity index (χ4n) is 4.32. The van der Waals surface area contributed by atoms with Gasteiger partial charge in [0, 0.05) is 30.8 Å². The number of aryl methyl sites for hydroxylation is 1. The Morgan fingerprint density at radius 2 is 1.57 bits per heavy atom. The molecule has 42 heavy (non-hydrogen) atoms. The normalized spacial score (nSPS) is 11.8. The van der Waals surface area contributed by atoms with Crippen molar-refractivity contribution in [3.05, 3.63) is 102 Å². The number of alkyl carbamates (subject to hydrolysis) is 1. The molecular formula is C32H39N3O6S. The van der Waals surface area contributed by atoms with Crippen molar-refractivity contribution in [2.24, 2.45) is 5.92 Å². The molecule has 224 valence electrons. The number of sulfonamides is 1. The molecule has 0 bridgehead atoms. The summed E-state index contributed by atoms with van der Waals surface area (Å²) in [7, 11) is -3.94. The number of anilines is 1. The van der Waals surface area contributed by atoms with Crippen LogP contribution < -0.4 is 10.0 Å². The van der Waals surface area contributed by atoms with Gasteiger partial charge in [0.25, 0.3) is 10.0 Å². The van der Waals surface area contributed by atoms with Crippen LogP contribution in [0.25, 0.3) is 0 Å². The number of hydrogen-bond donors (Lipinski definition) is 2. The van der Waals surface area contributed by atoms with E-state index in [0.29, 0.717) is 31.4 Å². The monoisotopic (exact) mass is 593 g/mol. The van der Waals surface area contributed by atoms with E-state index in [1.165, 1.54) is 17.9 Å². The molecule has 0 fully saturated rings. The number of amides is 2. The summed E-state index contributed by atoms with van der Waals surface area (Å²) in [4.78, 5) is 38.4. The van der Waals surface area contributed by atoms with E-state index >= 15 is 0 Å². The molecular weight excluding hydrogens is 554 g/mol. The molecule has 0 aromatic heterocycles. The van der Waals surface area contributed by atoms with Gasteiger partial charge in [-0.15, -0.1) is 0 Å². The number of hydrogen-bond acceptors (Lipinski definition) is 6. The molecule has 3 aromatic carbocycles. The Labute approximate surface area is 248 Å². The number of carbonyl (C=O) groups excluding carboxylic acids is 3. The van der Waals surface area contributed by atoms with Crippen molar-refractivity contribution in [2.75, 3.05) is 23.7 Å². The first kappa shape index (κ1) is 32.3. The SMILES string of the molecule is CC(=O)c1cccc(NS(=O)(=O)CN(CCCc2ccccc2)C(=O)CC(C)CCNC(=O)OCc2ccccc2)c1. The number of rotatable bonds is 16. The average molecular weight is 594 g/mol. The zero-order chi connectivity index (χ0) is 30.4. The smallest absolute Gasteiger partial charge is 0.407 e. The first-order valence-corrected chi connectivity index (χ1v) is 15.6. The fourth-order valence-corrected chi connectivity index (χ4v) is 5.56. The number of nitrogens with one attached hydrogen (secondary N) is 2. The Balaban J connectivity index is 1.55. The maximum atomic E-state index is 13.3. The summed E-state index contributed by atoms with van der Waals surface area (Å²) < 4.78 is 33.9. The number of carbonyl (C=O) groups is 3. The molecule has 0 saturated heterocycles. The van der Waals surface area contributed by atoms with Crippen molar-refractivity contribution in [3.8, 4) is 0 Å². The van der Waals surface area contributed by atoms with Gasteiger partial charge in [0.1, 0.15) is 12.5 Å². The highest BCUT2D eigenvalue weighted by Crippen LogP contribution is 2.16. The Morgan fingerprint density at radius 1 is 0.905 bits per heavy atom. The molecule has 2 amide bonds. The first-order chi connectivity index (χ1) is 20.1. The van der Waals surface area contributed by atoms with Crippen LogP contribution in [0.2, 0.25) is 0 Å². The van der Waals surface area contributed by atoms with Crippen molar-refractivity contribution in [2.45, 2.75) is 46.1 Å². The van der Waals surface area contributed by atoms with Crippen molar-refractivity contribution in [3.63, 3.8) is 0 Å². The molecule has 0 heterocycles. The molecule has 10 heteroatoms. The van der Waals surface area contributed by atoms with Gasteiger partial charge < -0.3 is 15.0 Å². The van der Waals surface area contributed by atoms with Gasteiger partial charge in [-0.3, -0.25) is 14.3 Å². The standard InChI is InChI=1S/C32H39N3O6S/c1-25(18-19-33-32(38)41-23-28-13-7-4-8-14-28)21-31(37)35(20-10-15-27-11-5-3-6-12-27)24-42(39,40)34-30-17-9-16-29(22-30)26(2)36/h3-9,11-14,16-17,22,25,34H,10,15,18-21,23-24H2,1-2H3,(H,33,38). The lowest BCUT2D eigenvalue weighted by Crippen LogP contribution is -2.39. The Bertz CT molecular complexity index is 1410. The zero-order valence-corrected chi connectivity index (χ0v) is 24.9. The van der Waals surface area contributed by atoms with E-state index in [9.17, 15) is 22.8 Å². The van der Waals surface area contributed by atoms with Crippen LogP contribution in [-0.2, 0) is 32.6 Å². The summed E-state index contributed by atoms with van der Waals surface area (Å²) in [5.74, 6) is -1.08. The molecule has 1 unspecified atom stereocenters. The van der Waals surface area contributed by atoms with E-state index in [-0.39, 0.29) is 42.9 Å². The maximum absolute atomic E-state index is 13.3. The van der Waals surface area contributed by atoms with Crippen molar-refractivity contribution >= 4 is 33.5 Å². The van der Waals surface area contributed by atoms with E-state index < -0.39 is 22.0 Å². The number of ketones is 1. The molecule has 0 saturated carbocycles. The summed E-state index contributed by atoms with van der Waals surface area (Å²) >= 11 is 0. The van der Waals surface area contributed by atoms with Crippen molar-refractivity contribution in [1.82, 2.24) is 10.2 Å². The van der Waals surface area contributed by atoms with E-state index in [2.05, 4.69) is 10.0 Å². The maximum Gasteiger partial charge on any atom is 0.407 e. The second-order valence-corrected chi connectivity index (χ2v) is 12.0. The molecule has 0 radical (unpaired) electrons. The van der Waals surface area contributed by atoms with Crippen molar-refractivity contribution < 1.29 is 27.5 Å². The van der Waals surface area contributed by atoms with Crippen LogP contribution in [0.1, 0.15) is 54.6 Å². The summed E-state index contributed by atoms with van der Waals surface area (Å²) in [5, 5.41) is 2.70. The van der Waals surface area contributed by atoms with Crippen LogP contribution in [-0.4, -0.2) is 50.1 Å². The van der Waals surface area contributed by atoms with Crippen LogP contribution >= 0.6 is 0 Å². The third-order valence-electron chi connectivity index (χ3n) is 6.60. The van der Waals surface area contributed by atoms with Gasteiger partial charge in [0.05, 0.1) is 0 Å². The predicted octanol–water partition coefficient (Wildman–Crippen LogP) is 5.39. The number of nitrogens with zero attached hydrogens (tertiary/aromatic N) is 1. The summed E-state index contributed by atoms with van der Waals surface area (Å²) in [6.45, 7) is 4.05. The Kier molecular flexibility index (Phi) is 12.6. The molecule has 0 aliphatic heterocycles. The minimum atomic E-state index is -3.94. The molecule has 9 nitrogen and oxygen atoms in total. The van der Waals surface area contributed by atoms with Crippen LogP contribution in [0.3, 0.4) is 0 Å². The molecule has 1 atom stereocenters. The lowest BCUT2D eigenvalue weighted by Gasteiger charge is -2.24. The quantitative estimate of drug-likeness (QED) is 0.215. The van der Waals surface area contributed by atoms with Crippen LogP contribution in [0.15, 0.2) is 84.9 Å². The Morgan fingerprint density at radius 3 is 2.24 bits per heavy atom. The lowest BCUT2D eigenvalue weighted by atomic mass is 10.0. The van der Waals surface area contributed by atoms with E-state index in [1.54, 1.807) is 18.2 Å². The highest BCUT2D eigenvalue weighted by atomic mass is 32.2. The second-order valence-electron chi connectivity index (χ2n) is 10.3. The van der Waals surface area contributed by atoms with Crippen molar-refractivity contribution in [1.29, 1.82) is 0 Å². The molecule has 0 aliphatic rings. The molecule has 3 rings (SSSR count). The largest absolute Gasteiger partial charge is 0.445 e. The van der Waals surface area contributed by atoms with Crippen LogP contribution in [0.4, 0.5) is 10.5 Å². The van der Waals surface area contributed by atoms with Gasteiger partial charge in [-0.1, -0.05) is 79.7 Å². The molecule has 0 aliphatic carbocycles. The number of ether oxygens (including phenoxy) is 1. The first-order valence-electron chi connectivity index (χ1n) is 14.0. The predicted molar refractivity (Wildman–Crippen MR) is 163 cm³/mol. The van der Waals surface area contributed by atoms with Gasteiger partial charge in [-0.25, -0.2) is 13.2 Å². The fraction of sp³-hybridized carbons (Fsp3) is 0.344. The van der Waals surface area contributed by atoms with Gasteiger partial charge >= 0.3 is 6.09 Å². The molecule has 2 N–H and O–H groups in total. The van der Waals surface area contributed by atoms with E-state index in [1.807, 2.05) is 67.6 Å².